The van der Waals surface area contributed by atoms with E-state index in [0.29, 0.717) is 37.0 Å². The van der Waals surface area contributed by atoms with Crippen LogP contribution >= 0.6 is 47.8 Å². The van der Waals surface area contributed by atoms with E-state index in [2.05, 4.69) is 52.9 Å². The van der Waals surface area contributed by atoms with Crippen LogP contribution in [-0.4, -0.2) is 40.2 Å². The lowest BCUT2D eigenvalue weighted by Gasteiger charge is -2.23. The van der Waals surface area contributed by atoms with E-state index >= 15 is 0 Å². The molecule has 1 aromatic heterocycles. The molecule has 0 radical (unpaired) electrons. The van der Waals surface area contributed by atoms with Gasteiger partial charge in [0.2, 0.25) is 0 Å². The van der Waals surface area contributed by atoms with Crippen LogP contribution in [0, 0.1) is 0 Å². The van der Waals surface area contributed by atoms with Gasteiger partial charge in [0.05, 0.1) is 28.7 Å². The Labute approximate surface area is 233 Å². The summed E-state index contributed by atoms with van der Waals surface area (Å²) in [4.78, 5) is 29.7. The first-order valence-electron chi connectivity index (χ1n) is 11.4. The number of nitrogens with zero attached hydrogens (tertiary/aromatic N) is 3. The Bertz CT molecular complexity index is 1400. The van der Waals surface area contributed by atoms with Crippen LogP contribution in [0.15, 0.2) is 47.6 Å². The van der Waals surface area contributed by atoms with E-state index in [-0.39, 0.29) is 17.2 Å². The molecule has 3 aromatic rings. The van der Waals surface area contributed by atoms with Gasteiger partial charge >= 0.3 is 5.97 Å². The van der Waals surface area contributed by atoms with Crippen LogP contribution in [-0.2, 0) is 4.79 Å². The van der Waals surface area contributed by atoms with Gasteiger partial charge in [-0.3, -0.25) is 4.79 Å². The van der Waals surface area contributed by atoms with Crippen LogP contribution in [0.4, 0.5) is 0 Å². The van der Waals surface area contributed by atoms with E-state index in [1.165, 1.54) is 25.1 Å². The van der Waals surface area contributed by atoms with Crippen molar-refractivity contribution in [2.75, 3.05) is 7.11 Å². The second-order valence-corrected chi connectivity index (χ2v) is 11.1. The third-order valence-electron chi connectivity index (χ3n) is 6.13. The summed E-state index contributed by atoms with van der Waals surface area (Å²) in [7, 11) is 1.46. The quantitative estimate of drug-likeness (QED) is 0.286. The molecule has 11 heteroatoms. The van der Waals surface area contributed by atoms with E-state index in [4.69, 9.17) is 14.5 Å². The van der Waals surface area contributed by atoms with Crippen LogP contribution < -0.4 is 15.0 Å². The standard InChI is InChI=1S/C25H24Br3N3O5/c1-13(25(33)34)36-22-19(35-2)10-15(20(27)21(22)28)12-29-31-23(14-6-4-3-5-7-14)30-18-9-8-16(26)11-17(18)24(31)32/h8-14H,3-7H2,1-2H3,(H,33,34)/t13-/m1/s1. The van der Waals surface area contributed by atoms with Crippen molar-refractivity contribution in [3.63, 3.8) is 0 Å². The highest BCUT2D eigenvalue weighted by atomic mass is 79.9. The number of aromatic nitrogens is 2. The molecule has 0 aliphatic heterocycles. The second kappa shape index (κ2) is 11.4. The Morgan fingerprint density at radius 1 is 1.19 bits per heavy atom. The molecule has 0 bridgehead atoms. The molecule has 8 nitrogen and oxygen atoms in total. The summed E-state index contributed by atoms with van der Waals surface area (Å²) < 4.78 is 14.3. The number of rotatable bonds is 7. The average Bonchev–Trinajstić information content (AvgIpc) is 2.87. The lowest BCUT2D eigenvalue weighted by atomic mass is 9.88. The van der Waals surface area contributed by atoms with Crippen LogP contribution in [0.25, 0.3) is 10.9 Å². The van der Waals surface area contributed by atoms with Gasteiger partial charge in [0.15, 0.2) is 17.6 Å². The summed E-state index contributed by atoms with van der Waals surface area (Å²) in [5.41, 5.74) is 1.01. The van der Waals surface area contributed by atoms with Crippen LogP contribution in [0.1, 0.15) is 56.3 Å². The molecule has 1 fully saturated rings. The van der Waals surface area contributed by atoms with E-state index in [0.717, 1.165) is 30.2 Å². The number of hydrogen-bond acceptors (Lipinski definition) is 6. The SMILES string of the molecule is COc1cc(C=Nn2c(C3CCCCC3)nc3ccc(Br)cc3c2=O)c(Br)c(Br)c1O[C@H](C)C(=O)O. The first-order valence-corrected chi connectivity index (χ1v) is 13.8. The first-order chi connectivity index (χ1) is 17.2. The summed E-state index contributed by atoms with van der Waals surface area (Å²) in [6.07, 6.45) is 5.76. The molecule has 0 spiro atoms. The third-order valence-corrected chi connectivity index (χ3v) is 8.77. The summed E-state index contributed by atoms with van der Waals surface area (Å²) in [6.45, 7) is 1.43. The fraction of sp³-hybridized carbons (Fsp3) is 0.360. The fourth-order valence-electron chi connectivity index (χ4n) is 4.21. The molecular weight excluding hydrogens is 662 g/mol. The number of aliphatic carboxylic acids is 1. The van der Waals surface area contributed by atoms with E-state index in [1.54, 1.807) is 18.3 Å². The summed E-state index contributed by atoms with van der Waals surface area (Å²) in [6, 6.07) is 7.14. The van der Waals surface area contributed by atoms with Gasteiger partial charge in [-0.05, 0) is 75.9 Å². The highest BCUT2D eigenvalue weighted by Crippen LogP contribution is 2.43. The second-order valence-electron chi connectivity index (χ2n) is 8.55. The lowest BCUT2D eigenvalue weighted by molar-refractivity contribution is -0.144. The Kier molecular flexibility index (Phi) is 8.52. The monoisotopic (exact) mass is 683 g/mol. The van der Waals surface area contributed by atoms with E-state index < -0.39 is 12.1 Å². The number of hydrogen-bond donors (Lipinski definition) is 1. The molecule has 0 saturated heterocycles. The maximum atomic E-state index is 13.5. The lowest BCUT2D eigenvalue weighted by Crippen LogP contribution is -2.25. The number of ether oxygens (including phenoxy) is 2. The zero-order chi connectivity index (χ0) is 26.0. The number of carboxylic acid groups (broad SMARTS) is 1. The van der Waals surface area contributed by atoms with Gasteiger partial charge < -0.3 is 14.6 Å². The Morgan fingerprint density at radius 2 is 1.92 bits per heavy atom. The van der Waals surface area contributed by atoms with E-state index in [9.17, 15) is 14.7 Å². The number of methoxy groups -OCH3 is 1. The molecule has 0 unspecified atom stereocenters. The van der Waals surface area contributed by atoms with Crippen molar-refractivity contribution in [2.24, 2.45) is 5.10 Å². The van der Waals surface area contributed by atoms with Crippen molar-refractivity contribution in [3.05, 3.63) is 59.4 Å². The smallest absolute Gasteiger partial charge is 0.344 e. The Balaban J connectivity index is 1.82. The largest absolute Gasteiger partial charge is 0.493 e. The molecule has 4 rings (SSSR count). The van der Waals surface area contributed by atoms with Gasteiger partial charge in [-0.1, -0.05) is 35.2 Å². The average molecular weight is 686 g/mol. The van der Waals surface area contributed by atoms with Gasteiger partial charge in [-0.25, -0.2) is 9.78 Å². The van der Waals surface area contributed by atoms with Crippen molar-refractivity contribution in [2.45, 2.75) is 51.0 Å². The molecule has 1 aliphatic carbocycles. The van der Waals surface area contributed by atoms with Crippen molar-refractivity contribution >= 4 is 70.9 Å². The van der Waals surface area contributed by atoms with Gasteiger partial charge in [-0.2, -0.15) is 9.78 Å². The number of fused-ring (bicyclic) bond motifs is 1. The number of halogens is 3. The molecule has 1 atom stereocenters. The van der Waals surface area contributed by atoms with Gasteiger partial charge in [0.1, 0.15) is 5.82 Å². The molecule has 1 N–H and O–H groups in total. The Hall–Kier alpha value is -2.24. The molecule has 1 heterocycles. The zero-order valence-electron chi connectivity index (χ0n) is 19.6. The molecule has 2 aromatic carbocycles. The zero-order valence-corrected chi connectivity index (χ0v) is 24.4. The van der Waals surface area contributed by atoms with Gasteiger partial charge in [-0.15, -0.1) is 0 Å². The molecule has 1 saturated carbocycles. The maximum Gasteiger partial charge on any atom is 0.344 e. The van der Waals surface area contributed by atoms with Crippen LogP contribution in [0.5, 0.6) is 11.5 Å². The molecule has 190 valence electrons. The van der Waals surface area contributed by atoms with Crippen molar-refractivity contribution in [3.8, 4) is 11.5 Å². The van der Waals surface area contributed by atoms with Crippen molar-refractivity contribution in [1.29, 1.82) is 0 Å². The number of benzene rings is 2. The summed E-state index contributed by atoms with van der Waals surface area (Å²) in [5.74, 6) is 0.266. The third kappa shape index (κ3) is 5.52. The van der Waals surface area contributed by atoms with Gasteiger partial charge in [0, 0.05) is 20.4 Å². The Morgan fingerprint density at radius 3 is 2.58 bits per heavy atom. The predicted octanol–water partition coefficient (Wildman–Crippen LogP) is 6.47. The maximum absolute atomic E-state index is 13.5. The summed E-state index contributed by atoms with van der Waals surface area (Å²) in [5, 5.41) is 14.3. The van der Waals surface area contributed by atoms with Crippen LogP contribution in [0.3, 0.4) is 0 Å². The predicted molar refractivity (Wildman–Crippen MR) is 149 cm³/mol. The summed E-state index contributed by atoms with van der Waals surface area (Å²) >= 11 is 10.4. The normalized spacial score (nSPS) is 15.4. The molecular formula is C25H24Br3N3O5. The topological polar surface area (TPSA) is 103 Å². The minimum atomic E-state index is -1.10. The molecule has 36 heavy (non-hydrogen) atoms. The van der Waals surface area contributed by atoms with Crippen LogP contribution in [0.2, 0.25) is 0 Å². The van der Waals surface area contributed by atoms with Crippen molar-refractivity contribution in [1.82, 2.24) is 9.66 Å². The van der Waals surface area contributed by atoms with Crippen molar-refractivity contribution < 1.29 is 19.4 Å². The molecule has 1 aliphatic rings. The molecule has 0 amide bonds. The minimum Gasteiger partial charge on any atom is -0.493 e. The fourth-order valence-corrected chi connectivity index (χ4v) is 5.49. The van der Waals surface area contributed by atoms with Gasteiger partial charge in [0.25, 0.3) is 5.56 Å². The highest BCUT2D eigenvalue weighted by molar-refractivity contribution is 9.13. The first kappa shape index (κ1) is 26.8. The number of carbonyl (C=O) groups is 1. The minimum absolute atomic E-state index is 0.148. The van der Waals surface area contributed by atoms with E-state index in [1.807, 2.05) is 12.1 Å². The highest BCUT2D eigenvalue weighted by Gasteiger charge is 2.24. The number of carboxylic acids is 1.